The molecule has 0 spiro atoms. The minimum atomic E-state index is -0.0615. The van der Waals surface area contributed by atoms with E-state index in [0.717, 1.165) is 19.5 Å². The molecule has 0 aromatic rings. The van der Waals surface area contributed by atoms with Crippen LogP contribution in [0.2, 0.25) is 0 Å². The van der Waals surface area contributed by atoms with Crippen LogP contribution >= 0.6 is 0 Å². The van der Waals surface area contributed by atoms with Crippen LogP contribution in [0, 0.1) is 0 Å². The summed E-state index contributed by atoms with van der Waals surface area (Å²) in [7, 11) is 0. The molecule has 1 aliphatic rings. The molecule has 0 amide bonds. The van der Waals surface area contributed by atoms with Crippen molar-refractivity contribution in [2.45, 2.75) is 58.1 Å². The first-order chi connectivity index (χ1) is 6.24. The van der Waals surface area contributed by atoms with Gasteiger partial charge in [-0.05, 0) is 19.8 Å². The number of likely N-dealkylation sites (tertiary alicyclic amines) is 1. The zero-order valence-corrected chi connectivity index (χ0v) is 9.00. The third-order valence-electron chi connectivity index (χ3n) is 3.04. The van der Waals surface area contributed by atoms with Crippen LogP contribution in [-0.2, 0) is 0 Å². The van der Waals surface area contributed by atoms with E-state index in [1.165, 1.54) is 25.7 Å². The van der Waals surface area contributed by atoms with Gasteiger partial charge in [0.25, 0.3) is 0 Å². The Morgan fingerprint density at radius 1 is 1.46 bits per heavy atom. The zero-order chi connectivity index (χ0) is 9.68. The van der Waals surface area contributed by atoms with Gasteiger partial charge in [0.1, 0.15) is 0 Å². The molecule has 0 aromatic carbocycles. The van der Waals surface area contributed by atoms with Gasteiger partial charge in [-0.2, -0.15) is 0 Å². The van der Waals surface area contributed by atoms with Crippen LogP contribution in [0.3, 0.4) is 0 Å². The van der Waals surface area contributed by atoms with Crippen molar-refractivity contribution in [3.8, 4) is 0 Å². The summed E-state index contributed by atoms with van der Waals surface area (Å²) in [5.74, 6) is 0. The molecule has 2 atom stereocenters. The first kappa shape index (κ1) is 11.0. The number of unbranched alkanes of at least 4 members (excludes halogenated alkanes) is 2. The quantitative estimate of drug-likeness (QED) is 0.662. The third-order valence-corrected chi connectivity index (χ3v) is 3.04. The van der Waals surface area contributed by atoms with E-state index < -0.39 is 0 Å². The number of nitrogens with zero attached hydrogens (tertiary/aromatic N) is 1. The van der Waals surface area contributed by atoms with Crippen molar-refractivity contribution in [3.05, 3.63) is 0 Å². The molecule has 1 heterocycles. The molecule has 0 aromatic heterocycles. The number of hydrogen-bond acceptors (Lipinski definition) is 2. The molecule has 1 saturated heterocycles. The minimum Gasteiger partial charge on any atom is -0.392 e. The summed E-state index contributed by atoms with van der Waals surface area (Å²) in [5.41, 5.74) is 0. The second-order valence-electron chi connectivity index (χ2n) is 4.28. The van der Waals surface area contributed by atoms with E-state index in [-0.39, 0.29) is 6.10 Å². The Hall–Kier alpha value is -0.0800. The van der Waals surface area contributed by atoms with Crippen molar-refractivity contribution in [3.63, 3.8) is 0 Å². The molecule has 1 aliphatic heterocycles. The van der Waals surface area contributed by atoms with Crippen LogP contribution in [0.1, 0.15) is 46.0 Å². The molecule has 13 heavy (non-hydrogen) atoms. The third kappa shape index (κ3) is 3.65. The van der Waals surface area contributed by atoms with Crippen molar-refractivity contribution in [1.82, 2.24) is 4.90 Å². The first-order valence-electron chi connectivity index (χ1n) is 5.66. The predicted octanol–water partition coefficient (Wildman–Crippen LogP) is 2.02. The molecule has 1 rings (SSSR count). The van der Waals surface area contributed by atoms with E-state index in [0.29, 0.717) is 6.04 Å². The van der Waals surface area contributed by atoms with Gasteiger partial charge in [-0.3, -0.25) is 4.90 Å². The molecule has 0 unspecified atom stereocenters. The molecule has 0 saturated carbocycles. The maximum atomic E-state index is 9.38. The molecule has 2 nitrogen and oxygen atoms in total. The Kier molecular flexibility index (Phi) is 4.74. The Bertz CT molecular complexity index is 138. The highest BCUT2D eigenvalue weighted by atomic mass is 16.3. The summed E-state index contributed by atoms with van der Waals surface area (Å²) >= 11 is 0. The number of β-amino-alcohol motifs (C(OH)–C–C–N with tert-alkyl or cyclic N) is 1. The summed E-state index contributed by atoms with van der Waals surface area (Å²) in [6.45, 7) is 6.51. The van der Waals surface area contributed by atoms with E-state index in [4.69, 9.17) is 0 Å². The fraction of sp³-hybridized carbons (Fsp3) is 1.00. The Labute approximate surface area is 81.9 Å². The predicted molar refractivity (Wildman–Crippen MR) is 55.8 cm³/mol. The van der Waals surface area contributed by atoms with Crippen molar-refractivity contribution in [2.75, 3.05) is 13.1 Å². The molecule has 0 bridgehead atoms. The average Bonchev–Trinajstić information content (AvgIpc) is 2.52. The van der Waals surface area contributed by atoms with Gasteiger partial charge in [0.05, 0.1) is 6.10 Å². The fourth-order valence-corrected chi connectivity index (χ4v) is 2.04. The van der Waals surface area contributed by atoms with Gasteiger partial charge in [0, 0.05) is 19.1 Å². The van der Waals surface area contributed by atoms with E-state index >= 15 is 0 Å². The lowest BCUT2D eigenvalue weighted by atomic mass is 10.1. The van der Waals surface area contributed by atoms with E-state index in [1.807, 2.05) is 0 Å². The van der Waals surface area contributed by atoms with Gasteiger partial charge in [0.15, 0.2) is 0 Å². The Balaban J connectivity index is 2.12. The minimum absolute atomic E-state index is 0.0615. The van der Waals surface area contributed by atoms with Crippen molar-refractivity contribution in [1.29, 1.82) is 0 Å². The lowest BCUT2D eigenvalue weighted by Crippen LogP contribution is -2.31. The SMILES string of the molecule is CCCCC[C@@H](C)N1CC[C@H](O)C1. The Morgan fingerprint density at radius 3 is 2.77 bits per heavy atom. The second kappa shape index (κ2) is 5.61. The van der Waals surface area contributed by atoms with E-state index in [2.05, 4.69) is 18.7 Å². The summed E-state index contributed by atoms with van der Waals surface area (Å²) in [6, 6.07) is 0.670. The topological polar surface area (TPSA) is 23.5 Å². The molecule has 1 fully saturated rings. The molecule has 2 heteroatoms. The fourth-order valence-electron chi connectivity index (χ4n) is 2.04. The summed E-state index contributed by atoms with van der Waals surface area (Å²) in [5, 5.41) is 9.38. The molecule has 0 aliphatic carbocycles. The second-order valence-corrected chi connectivity index (χ2v) is 4.28. The van der Waals surface area contributed by atoms with Gasteiger partial charge in [0.2, 0.25) is 0 Å². The monoisotopic (exact) mass is 185 g/mol. The molecule has 78 valence electrons. The van der Waals surface area contributed by atoms with Gasteiger partial charge >= 0.3 is 0 Å². The molecule has 0 radical (unpaired) electrons. The summed E-state index contributed by atoms with van der Waals surface area (Å²) in [6.07, 6.45) is 6.19. The number of hydrogen-bond donors (Lipinski definition) is 1. The Morgan fingerprint density at radius 2 is 2.23 bits per heavy atom. The summed E-state index contributed by atoms with van der Waals surface area (Å²) < 4.78 is 0. The maximum Gasteiger partial charge on any atom is 0.0679 e. The lowest BCUT2D eigenvalue weighted by Gasteiger charge is -2.23. The summed E-state index contributed by atoms with van der Waals surface area (Å²) in [4.78, 5) is 2.42. The standard InChI is InChI=1S/C11H23NO/c1-3-4-5-6-10(2)12-8-7-11(13)9-12/h10-11,13H,3-9H2,1-2H3/t10-,11+/m1/s1. The van der Waals surface area contributed by atoms with Gasteiger partial charge in [-0.15, -0.1) is 0 Å². The normalized spacial score (nSPS) is 26.5. The van der Waals surface area contributed by atoms with E-state index in [1.54, 1.807) is 0 Å². The van der Waals surface area contributed by atoms with Crippen LogP contribution in [0.15, 0.2) is 0 Å². The van der Waals surface area contributed by atoms with Gasteiger partial charge in [-0.1, -0.05) is 26.2 Å². The smallest absolute Gasteiger partial charge is 0.0679 e. The van der Waals surface area contributed by atoms with Crippen LogP contribution in [0.5, 0.6) is 0 Å². The van der Waals surface area contributed by atoms with Gasteiger partial charge < -0.3 is 5.11 Å². The largest absolute Gasteiger partial charge is 0.392 e. The van der Waals surface area contributed by atoms with Crippen molar-refractivity contribution >= 4 is 0 Å². The first-order valence-corrected chi connectivity index (χ1v) is 5.66. The van der Waals surface area contributed by atoms with Crippen LogP contribution in [0.25, 0.3) is 0 Å². The molecular formula is C11H23NO. The number of rotatable bonds is 5. The van der Waals surface area contributed by atoms with Crippen molar-refractivity contribution in [2.24, 2.45) is 0 Å². The lowest BCUT2D eigenvalue weighted by molar-refractivity contribution is 0.159. The number of aliphatic hydroxyl groups excluding tert-OH is 1. The van der Waals surface area contributed by atoms with Crippen molar-refractivity contribution < 1.29 is 5.11 Å². The highest BCUT2D eigenvalue weighted by Gasteiger charge is 2.23. The van der Waals surface area contributed by atoms with E-state index in [9.17, 15) is 5.11 Å². The van der Waals surface area contributed by atoms with Crippen LogP contribution in [0.4, 0.5) is 0 Å². The zero-order valence-electron chi connectivity index (χ0n) is 9.00. The highest BCUT2D eigenvalue weighted by Crippen LogP contribution is 2.16. The van der Waals surface area contributed by atoms with Gasteiger partial charge in [-0.25, -0.2) is 0 Å². The molecule has 1 N–H and O–H groups in total. The average molecular weight is 185 g/mol. The highest BCUT2D eigenvalue weighted by molar-refractivity contribution is 4.78. The maximum absolute atomic E-state index is 9.38. The molecular weight excluding hydrogens is 162 g/mol. The van der Waals surface area contributed by atoms with Crippen LogP contribution in [-0.4, -0.2) is 35.2 Å². The number of aliphatic hydroxyl groups is 1. The van der Waals surface area contributed by atoms with Crippen LogP contribution < -0.4 is 0 Å².